The minimum atomic E-state index is -0.445. The summed E-state index contributed by atoms with van der Waals surface area (Å²) in [5, 5.41) is 2.56. The number of urea groups is 1. The van der Waals surface area contributed by atoms with Crippen molar-refractivity contribution in [1.29, 1.82) is 0 Å². The third-order valence-electron chi connectivity index (χ3n) is 2.91. The quantitative estimate of drug-likeness (QED) is 0.208. The van der Waals surface area contributed by atoms with Crippen molar-refractivity contribution >= 4 is 63.2 Å². The van der Waals surface area contributed by atoms with Gasteiger partial charge < -0.3 is 10.1 Å². The molecule has 7 heteroatoms. The van der Waals surface area contributed by atoms with E-state index < -0.39 is 6.03 Å². The fourth-order valence-corrected chi connectivity index (χ4v) is 4.08. The van der Waals surface area contributed by atoms with E-state index in [1.165, 1.54) is 6.08 Å². The van der Waals surface area contributed by atoms with Crippen LogP contribution in [0.15, 0.2) is 30.5 Å². The lowest BCUT2D eigenvalue weighted by Crippen LogP contribution is -2.30. The summed E-state index contributed by atoms with van der Waals surface area (Å²) in [7, 11) is 0. The molecule has 5 nitrogen and oxygen atoms in total. The molecule has 3 amide bonds. The Morgan fingerprint density at radius 1 is 1.35 bits per heavy atom. The number of halogens is 2. The van der Waals surface area contributed by atoms with Crippen LogP contribution >= 0.6 is 45.2 Å². The summed E-state index contributed by atoms with van der Waals surface area (Å²) in [4.78, 5) is 25.0. The van der Waals surface area contributed by atoms with Crippen molar-refractivity contribution in [3.8, 4) is 18.1 Å². The molecule has 0 saturated carbocycles. The van der Waals surface area contributed by atoms with E-state index in [2.05, 4.69) is 63.0 Å². The summed E-state index contributed by atoms with van der Waals surface area (Å²) < 4.78 is 7.24. The molecule has 1 aromatic rings. The predicted octanol–water partition coefficient (Wildman–Crippen LogP) is 2.99. The number of hydrogen-bond donors (Lipinski definition) is 1. The van der Waals surface area contributed by atoms with Crippen molar-refractivity contribution in [2.24, 2.45) is 0 Å². The molecule has 0 bridgehead atoms. The first kappa shape index (κ1) is 17.8. The summed E-state index contributed by atoms with van der Waals surface area (Å²) in [5.74, 6) is 2.77. The molecule has 1 aliphatic heterocycles. The topological polar surface area (TPSA) is 58.6 Å². The molecule has 0 spiro atoms. The molecule has 1 aliphatic rings. The smallest absolute Gasteiger partial charge is 0.329 e. The van der Waals surface area contributed by atoms with Crippen molar-refractivity contribution in [2.45, 2.75) is 0 Å². The Morgan fingerprint density at radius 3 is 2.57 bits per heavy atom. The Labute approximate surface area is 161 Å². The number of terminal acetylenes is 1. The molecule has 1 N–H and O–H groups in total. The number of ether oxygens (including phenoxy) is 1. The van der Waals surface area contributed by atoms with Gasteiger partial charge in [-0.2, -0.15) is 0 Å². The highest BCUT2D eigenvalue weighted by atomic mass is 127. The van der Waals surface area contributed by atoms with Gasteiger partial charge in [0, 0.05) is 6.54 Å². The second-order valence-electron chi connectivity index (χ2n) is 4.50. The first-order valence-corrected chi connectivity index (χ1v) is 8.64. The summed E-state index contributed by atoms with van der Waals surface area (Å²) in [6, 6.07) is 3.27. The van der Waals surface area contributed by atoms with Gasteiger partial charge in [-0.15, -0.1) is 13.0 Å². The molecule has 1 heterocycles. The average molecular weight is 534 g/mol. The Hall–Kier alpha value is -1.54. The number of carbonyl (C=O) groups is 2. The first-order chi connectivity index (χ1) is 11.0. The average Bonchev–Trinajstić information content (AvgIpc) is 2.74. The van der Waals surface area contributed by atoms with Gasteiger partial charge in [-0.05, 0) is 69.0 Å². The fourth-order valence-electron chi connectivity index (χ4n) is 1.95. The van der Waals surface area contributed by atoms with E-state index in [1.807, 2.05) is 12.1 Å². The third kappa shape index (κ3) is 4.06. The number of carbonyl (C=O) groups excluding carboxylic acids is 2. The lowest BCUT2D eigenvalue weighted by Gasteiger charge is -2.09. The maximum Gasteiger partial charge on any atom is 0.329 e. The van der Waals surface area contributed by atoms with Gasteiger partial charge in [-0.25, -0.2) is 4.79 Å². The molecule has 23 heavy (non-hydrogen) atoms. The summed E-state index contributed by atoms with van der Waals surface area (Å²) in [5.41, 5.74) is 1.02. The molecule has 0 radical (unpaired) electrons. The van der Waals surface area contributed by atoms with Gasteiger partial charge in [0.1, 0.15) is 18.1 Å². The Kier molecular flexibility index (Phi) is 6.06. The summed E-state index contributed by atoms with van der Waals surface area (Å²) in [6.07, 6.45) is 8.34. The predicted molar refractivity (Wildman–Crippen MR) is 105 cm³/mol. The van der Waals surface area contributed by atoms with Crippen molar-refractivity contribution < 1.29 is 14.3 Å². The molecule has 118 valence electrons. The second kappa shape index (κ2) is 7.83. The first-order valence-electron chi connectivity index (χ1n) is 6.48. The minimum Gasteiger partial charge on any atom is -0.479 e. The molecular weight excluding hydrogens is 522 g/mol. The molecule has 1 saturated heterocycles. The Balaban J connectivity index is 2.30. The highest BCUT2D eigenvalue weighted by Gasteiger charge is 2.32. The molecule has 1 aromatic carbocycles. The van der Waals surface area contributed by atoms with Crippen LogP contribution in [0.5, 0.6) is 5.75 Å². The van der Waals surface area contributed by atoms with Crippen LogP contribution in [0.4, 0.5) is 4.79 Å². The molecule has 0 aromatic heterocycles. The zero-order valence-electron chi connectivity index (χ0n) is 11.9. The molecule has 1 fully saturated rings. The number of nitrogens with one attached hydrogen (secondary N) is 1. The number of amides is 3. The van der Waals surface area contributed by atoms with Gasteiger partial charge in [0.15, 0.2) is 0 Å². The molecule has 0 atom stereocenters. The van der Waals surface area contributed by atoms with Crippen LogP contribution in [0.2, 0.25) is 0 Å². The highest BCUT2D eigenvalue weighted by Crippen LogP contribution is 2.30. The zero-order chi connectivity index (χ0) is 17.0. The van der Waals surface area contributed by atoms with E-state index >= 15 is 0 Å². The third-order valence-corrected chi connectivity index (χ3v) is 4.51. The molecular formula is C16H12I2N2O3. The maximum atomic E-state index is 12.2. The van der Waals surface area contributed by atoms with Crippen LogP contribution in [-0.4, -0.2) is 30.0 Å². The number of benzene rings is 1. The minimum absolute atomic E-state index is 0.177. The van der Waals surface area contributed by atoms with E-state index in [1.54, 1.807) is 6.08 Å². The molecule has 0 aliphatic carbocycles. The van der Waals surface area contributed by atoms with Gasteiger partial charge in [0.2, 0.25) is 0 Å². The van der Waals surface area contributed by atoms with E-state index in [9.17, 15) is 9.59 Å². The fraction of sp³-hybridized carbons (Fsp3) is 0.125. The van der Waals surface area contributed by atoms with E-state index in [0.717, 1.165) is 17.6 Å². The Bertz CT molecular complexity index is 727. The van der Waals surface area contributed by atoms with Crippen LogP contribution in [-0.2, 0) is 4.79 Å². The van der Waals surface area contributed by atoms with Crippen LogP contribution in [0.1, 0.15) is 5.56 Å². The van der Waals surface area contributed by atoms with Crippen molar-refractivity contribution in [1.82, 2.24) is 10.2 Å². The lowest BCUT2D eigenvalue weighted by atomic mass is 10.2. The van der Waals surface area contributed by atoms with Gasteiger partial charge in [0.25, 0.3) is 5.91 Å². The number of rotatable bonds is 5. The van der Waals surface area contributed by atoms with E-state index in [-0.39, 0.29) is 24.8 Å². The van der Waals surface area contributed by atoms with Crippen LogP contribution < -0.4 is 10.1 Å². The van der Waals surface area contributed by atoms with E-state index in [0.29, 0.717) is 5.75 Å². The monoisotopic (exact) mass is 534 g/mol. The summed E-state index contributed by atoms with van der Waals surface area (Å²) in [6.45, 7) is 3.90. The SMILES string of the molecule is C#CCOc1c(I)cc(/C=C2/NC(=O)N(CC=C)C2=O)cc1I. The van der Waals surface area contributed by atoms with Gasteiger partial charge >= 0.3 is 6.03 Å². The number of imide groups is 1. The van der Waals surface area contributed by atoms with Crippen LogP contribution in [0.3, 0.4) is 0 Å². The van der Waals surface area contributed by atoms with Crippen LogP contribution in [0.25, 0.3) is 6.08 Å². The highest BCUT2D eigenvalue weighted by molar-refractivity contribution is 14.1. The maximum absolute atomic E-state index is 12.2. The van der Waals surface area contributed by atoms with Crippen molar-refractivity contribution in [3.05, 3.63) is 43.2 Å². The van der Waals surface area contributed by atoms with Gasteiger partial charge in [-0.3, -0.25) is 9.69 Å². The lowest BCUT2D eigenvalue weighted by molar-refractivity contribution is -0.122. The normalized spacial score (nSPS) is 15.5. The van der Waals surface area contributed by atoms with Crippen molar-refractivity contribution in [2.75, 3.05) is 13.2 Å². The summed E-state index contributed by atoms with van der Waals surface area (Å²) >= 11 is 4.28. The Morgan fingerprint density at radius 2 is 2.00 bits per heavy atom. The van der Waals surface area contributed by atoms with Crippen LogP contribution in [0, 0.1) is 19.5 Å². The molecule has 0 unspecified atom stereocenters. The van der Waals surface area contributed by atoms with Gasteiger partial charge in [-0.1, -0.05) is 12.0 Å². The second-order valence-corrected chi connectivity index (χ2v) is 6.82. The largest absolute Gasteiger partial charge is 0.479 e. The standard InChI is InChI=1S/C16H12I2N2O3/c1-3-5-20-15(21)13(19-16(20)22)9-10-7-11(17)14(12(18)8-10)23-6-4-2/h2-3,7-9H,1,5-6H2,(H,19,22)/b13-9+. The zero-order valence-corrected chi connectivity index (χ0v) is 16.3. The number of hydrogen-bond acceptors (Lipinski definition) is 3. The molecule has 2 rings (SSSR count). The van der Waals surface area contributed by atoms with E-state index in [4.69, 9.17) is 11.2 Å². The number of nitrogens with zero attached hydrogens (tertiary/aromatic N) is 1. The van der Waals surface area contributed by atoms with Crippen molar-refractivity contribution in [3.63, 3.8) is 0 Å². The van der Waals surface area contributed by atoms with Gasteiger partial charge in [0.05, 0.1) is 7.14 Å².